The van der Waals surface area contributed by atoms with Crippen LogP contribution in [0.2, 0.25) is 0 Å². The first-order chi connectivity index (χ1) is 5.66. The van der Waals surface area contributed by atoms with E-state index in [0.717, 1.165) is 0 Å². The second-order valence-electron chi connectivity index (χ2n) is 3.04. The molecular weight excluding hydrogens is 152 g/mol. The molecule has 1 rings (SSSR count). The lowest BCUT2D eigenvalue weighted by molar-refractivity contribution is 0.573. The average Bonchev–Trinajstić information content (AvgIpc) is 2.04. The summed E-state index contributed by atoms with van der Waals surface area (Å²) in [6, 6.07) is 3.81. The van der Waals surface area contributed by atoms with Gasteiger partial charge in [0.15, 0.2) is 0 Å². The van der Waals surface area contributed by atoms with Crippen molar-refractivity contribution in [1.82, 2.24) is 4.57 Å². The molecule has 1 aromatic heterocycles. The number of rotatable bonds is 2. The second-order valence-corrected chi connectivity index (χ2v) is 3.04. The summed E-state index contributed by atoms with van der Waals surface area (Å²) >= 11 is 0. The van der Waals surface area contributed by atoms with Crippen molar-refractivity contribution in [3.8, 4) is 0 Å². The Morgan fingerprint density at radius 2 is 2.25 bits per heavy atom. The molecule has 1 heterocycles. The third-order valence-electron chi connectivity index (χ3n) is 1.83. The number of hydrogen-bond donors (Lipinski definition) is 1. The van der Waals surface area contributed by atoms with Crippen LogP contribution in [0.5, 0.6) is 0 Å². The van der Waals surface area contributed by atoms with Gasteiger partial charge in [0.2, 0.25) is 0 Å². The lowest BCUT2D eigenvalue weighted by Crippen LogP contribution is -2.25. The highest BCUT2D eigenvalue weighted by Gasteiger charge is 2.02. The molecular formula is C9H14N2O. The summed E-state index contributed by atoms with van der Waals surface area (Å²) in [5.74, 6) is 0. The third-order valence-corrected chi connectivity index (χ3v) is 1.83. The van der Waals surface area contributed by atoms with Crippen molar-refractivity contribution in [2.24, 2.45) is 5.73 Å². The van der Waals surface area contributed by atoms with Gasteiger partial charge in [0, 0.05) is 24.3 Å². The van der Waals surface area contributed by atoms with Crippen LogP contribution in [0.1, 0.15) is 25.5 Å². The van der Waals surface area contributed by atoms with Gasteiger partial charge < -0.3 is 10.3 Å². The van der Waals surface area contributed by atoms with Gasteiger partial charge in [0.1, 0.15) is 0 Å². The maximum atomic E-state index is 11.5. The molecule has 0 aliphatic carbocycles. The maximum absolute atomic E-state index is 11.5. The van der Waals surface area contributed by atoms with Crippen molar-refractivity contribution in [1.29, 1.82) is 0 Å². The van der Waals surface area contributed by atoms with E-state index in [1.54, 1.807) is 16.8 Å². The van der Waals surface area contributed by atoms with E-state index in [0.29, 0.717) is 12.1 Å². The van der Waals surface area contributed by atoms with Crippen LogP contribution in [-0.2, 0) is 6.54 Å². The first-order valence-corrected chi connectivity index (χ1v) is 4.07. The van der Waals surface area contributed by atoms with Gasteiger partial charge in [-0.2, -0.15) is 0 Å². The molecule has 0 aliphatic rings. The zero-order chi connectivity index (χ0) is 9.14. The lowest BCUT2D eigenvalue weighted by Gasteiger charge is -2.09. The Balaban J connectivity index is 3.24. The topological polar surface area (TPSA) is 48.0 Å². The summed E-state index contributed by atoms with van der Waals surface area (Å²) in [5.41, 5.74) is 6.10. The molecule has 0 aromatic carbocycles. The lowest BCUT2D eigenvalue weighted by atomic mass is 10.2. The van der Waals surface area contributed by atoms with E-state index in [1.807, 2.05) is 19.9 Å². The van der Waals surface area contributed by atoms with Crippen LogP contribution in [0.15, 0.2) is 23.1 Å². The van der Waals surface area contributed by atoms with E-state index >= 15 is 0 Å². The van der Waals surface area contributed by atoms with E-state index in [4.69, 9.17) is 5.73 Å². The smallest absolute Gasteiger partial charge is 0.255 e. The van der Waals surface area contributed by atoms with Crippen LogP contribution in [-0.4, -0.2) is 4.57 Å². The fourth-order valence-electron chi connectivity index (χ4n) is 1.12. The van der Waals surface area contributed by atoms with Gasteiger partial charge in [-0.05, 0) is 19.9 Å². The summed E-state index contributed by atoms with van der Waals surface area (Å²) in [6.45, 7) is 4.26. The molecule has 0 radical (unpaired) electrons. The molecule has 0 unspecified atom stereocenters. The van der Waals surface area contributed by atoms with Gasteiger partial charge in [-0.15, -0.1) is 0 Å². The number of aromatic nitrogens is 1. The van der Waals surface area contributed by atoms with Crippen LogP contribution in [0.25, 0.3) is 0 Å². The van der Waals surface area contributed by atoms with Gasteiger partial charge in [0.05, 0.1) is 0 Å². The summed E-state index contributed by atoms with van der Waals surface area (Å²) in [6.07, 6.45) is 1.78. The van der Waals surface area contributed by atoms with Crippen molar-refractivity contribution >= 4 is 0 Å². The number of pyridine rings is 1. The molecule has 1 aromatic rings. The molecule has 0 saturated carbocycles. The minimum atomic E-state index is 0.0231. The molecule has 2 N–H and O–H groups in total. The van der Waals surface area contributed by atoms with Crippen molar-refractivity contribution in [3.63, 3.8) is 0 Å². The van der Waals surface area contributed by atoms with Gasteiger partial charge in [-0.25, -0.2) is 0 Å². The van der Waals surface area contributed by atoms with E-state index in [2.05, 4.69) is 0 Å². The van der Waals surface area contributed by atoms with Crippen LogP contribution in [0, 0.1) is 0 Å². The zero-order valence-corrected chi connectivity index (χ0v) is 7.45. The number of hydrogen-bond acceptors (Lipinski definition) is 2. The highest BCUT2D eigenvalue weighted by molar-refractivity contribution is 5.10. The molecule has 0 atom stereocenters. The summed E-state index contributed by atoms with van der Waals surface area (Å²) < 4.78 is 1.68. The van der Waals surface area contributed by atoms with Gasteiger partial charge in [0.25, 0.3) is 5.56 Å². The highest BCUT2D eigenvalue weighted by Crippen LogP contribution is 1.99. The fourth-order valence-corrected chi connectivity index (χ4v) is 1.12. The monoisotopic (exact) mass is 166 g/mol. The van der Waals surface area contributed by atoms with Gasteiger partial charge in [-0.3, -0.25) is 4.79 Å². The SMILES string of the molecule is CC(C)n1cccc(CN)c1=O. The highest BCUT2D eigenvalue weighted by atomic mass is 16.1. The first-order valence-electron chi connectivity index (χ1n) is 4.07. The van der Waals surface area contributed by atoms with Crippen LogP contribution in [0.3, 0.4) is 0 Å². The molecule has 0 aliphatic heterocycles. The molecule has 0 amide bonds. The molecule has 12 heavy (non-hydrogen) atoms. The predicted octanol–water partition coefficient (Wildman–Crippen LogP) is 0.888. The summed E-state index contributed by atoms with van der Waals surface area (Å²) in [4.78, 5) is 11.5. The minimum Gasteiger partial charge on any atom is -0.326 e. The van der Waals surface area contributed by atoms with Gasteiger partial charge in [-0.1, -0.05) is 6.07 Å². The zero-order valence-electron chi connectivity index (χ0n) is 7.45. The molecule has 3 nitrogen and oxygen atoms in total. The molecule has 3 heteroatoms. The second kappa shape index (κ2) is 3.54. The number of nitrogens with zero attached hydrogens (tertiary/aromatic N) is 1. The Morgan fingerprint density at radius 1 is 1.58 bits per heavy atom. The van der Waals surface area contributed by atoms with Crippen molar-refractivity contribution in [3.05, 3.63) is 34.2 Å². The average molecular weight is 166 g/mol. The van der Waals surface area contributed by atoms with Crippen molar-refractivity contribution in [2.45, 2.75) is 26.4 Å². The Hall–Kier alpha value is -1.09. The number of nitrogens with two attached hydrogens (primary N) is 1. The van der Waals surface area contributed by atoms with E-state index < -0.39 is 0 Å². The molecule has 66 valence electrons. The van der Waals surface area contributed by atoms with Crippen LogP contribution in [0.4, 0.5) is 0 Å². The van der Waals surface area contributed by atoms with Crippen LogP contribution < -0.4 is 11.3 Å². The standard InChI is InChI=1S/C9H14N2O/c1-7(2)11-5-3-4-8(6-10)9(11)12/h3-5,7H,6,10H2,1-2H3. The third kappa shape index (κ3) is 1.56. The quantitative estimate of drug-likeness (QED) is 0.709. The first kappa shape index (κ1) is 9.00. The fraction of sp³-hybridized carbons (Fsp3) is 0.444. The van der Waals surface area contributed by atoms with Crippen molar-refractivity contribution in [2.75, 3.05) is 0 Å². The van der Waals surface area contributed by atoms with Gasteiger partial charge >= 0.3 is 0 Å². The summed E-state index contributed by atoms with van der Waals surface area (Å²) in [7, 11) is 0. The molecule has 0 fully saturated rings. The Morgan fingerprint density at radius 3 is 2.75 bits per heavy atom. The Kier molecular flexibility index (Phi) is 2.65. The minimum absolute atomic E-state index is 0.0231. The largest absolute Gasteiger partial charge is 0.326 e. The van der Waals surface area contributed by atoms with E-state index in [9.17, 15) is 4.79 Å². The predicted molar refractivity (Wildman–Crippen MR) is 49.0 cm³/mol. The van der Waals surface area contributed by atoms with E-state index in [1.165, 1.54) is 0 Å². The normalized spacial score (nSPS) is 10.7. The molecule has 0 spiro atoms. The molecule has 0 saturated heterocycles. The maximum Gasteiger partial charge on any atom is 0.255 e. The summed E-state index contributed by atoms with van der Waals surface area (Å²) in [5, 5.41) is 0. The van der Waals surface area contributed by atoms with Crippen molar-refractivity contribution < 1.29 is 0 Å². The Bertz CT molecular complexity index is 315. The Labute approximate surface area is 71.8 Å². The molecule has 0 bridgehead atoms. The van der Waals surface area contributed by atoms with Crippen LogP contribution >= 0.6 is 0 Å². The van der Waals surface area contributed by atoms with E-state index in [-0.39, 0.29) is 11.6 Å².